The van der Waals surface area contributed by atoms with Gasteiger partial charge < -0.3 is 39.4 Å². The molecule has 1 aliphatic heterocycles. The Bertz CT molecular complexity index is 775. The summed E-state index contributed by atoms with van der Waals surface area (Å²) in [6, 6.07) is -1.22. The first-order valence-corrected chi connectivity index (χ1v) is 14.5. The summed E-state index contributed by atoms with van der Waals surface area (Å²) in [5, 5.41) is 5.66. The molecule has 14 nitrogen and oxygen atoms in total. The van der Waals surface area contributed by atoms with E-state index < -0.39 is 12.1 Å². The summed E-state index contributed by atoms with van der Waals surface area (Å²) in [6.45, 7) is 3.02. The van der Waals surface area contributed by atoms with Crippen LogP contribution in [0, 0.1) is 0 Å². The van der Waals surface area contributed by atoms with Crippen LogP contribution in [0.5, 0.6) is 0 Å². The molecule has 1 rings (SSSR count). The summed E-state index contributed by atoms with van der Waals surface area (Å²) in [7, 11) is 5.31. The first-order chi connectivity index (χ1) is 20.1. The zero-order valence-electron chi connectivity index (χ0n) is 25.4. The maximum atomic E-state index is 12.7. The highest BCUT2D eigenvalue weighted by molar-refractivity contribution is 5.96. The molecule has 0 saturated carbocycles. The highest BCUT2D eigenvalue weighted by Gasteiger charge is 2.32. The van der Waals surface area contributed by atoms with Crippen LogP contribution in [-0.2, 0) is 47.7 Å². The van der Waals surface area contributed by atoms with Crippen LogP contribution in [0.4, 0.5) is 0 Å². The van der Waals surface area contributed by atoms with Gasteiger partial charge in [-0.15, -0.1) is 0 Å². The molecule has 1 saturated heterocycles. The summed E-state index contributed by atoms with van der Waals surface area (Å²) in [5.74, 6) is -1.75. The quantitative estimate of drug-likeness (QED) is 0.0982. The number of carbonyl (C=O) groups excluding carboxylic acids is 6. The lowest BCUT2D eigenvalue weighted by Crippen LogP contribution is -2.61. The number of amides is 2. The Kier molecular flexibility index (Phi) is 18.8. The summed E-state index contributed by atoms with van der Waals surface area (Å²) in [6.07, 6.45) is 4.55. The molecule has 1 fully saturated rings. The van der Waals surface area contributed by atoms with E-state index in [1.54, 1.807) is 0 Å². The second kappa shape index (κ2) is 21.4. The molecule has 2 unspecified atom stereocenters. The smallest absolute Gasteiger partial charge is 0.306 e. The number of esters is 4. The van der Waals surface area contributed by atoms with Crippen LogP contribution in [-0.4, -0.2) is 125 Å². The van der Waals surface area contributed by atoms with Crippen molar-refractivity contribution in [2.45, 2.75) is 76.3 Å². The van der Waals surface area contributed by atoms with Crippen LogP contribution in [0.2, 0.25) is 0 Å². The molecule has 240 valence electrons. The lowest BCUT2D eigenvalue weighted by Gasteiger charge is -2.30. The molecule has 0 aromatic rings. The summed E-state index contributed by atoms with van der Waals surface area (Å²) in [4.78, 5) is 75.3. The lowest BCUT2D eigenvalue weighted by molar-refractivity contribution is -0.142. The van der Waals surface area contributed by atoms with Crippen molar-refractivity contribution in [3.05, 3.63) is 0 Å². The van der Waals surface area contributed by atoms with E-state index in [4.69, 9.17) is 18.9 Å². The predicted octanol–water partition coefficient (Wildman–Crippen LogP) is 0.167. The normalized spacial score (nSPS) is 16.5. The Morgan fingerprint density at radius 3 is 1.07 bits per heavy atom. The number of unbranched alkanes of at least 4 members (excludes halogenated alkanes) is 2. The number of methoxy groups -OCH3 is 4. The number of piperazine rings is 1. The molecule has 2 N–H and O–H groups in total. The SMILES string of the molecule is COC(=O)CCN(CCCCC1NC(=O)C(CCCCN(CCC(=O)OC)CCC(=O)OC)NC1=O)CCC(=O)OC. The number of hydrogen-bond donors (Lipinski definition) is 2. The molecule has 1 heterocycles. The van der Waals surface area contributed by atoms with Gasteiger partial charge in [-0.1, -0.05) is 0 Å². The van der Waals surface area contributed by atoms with Gasteiger partial charge in [-0.3, -0.25) is 28.8 Å². The largest absolute Gasteiger partial charge is 0.469 e. The van der Waals surface area contributed by atoms with Crippen molar-refractivity contribution >= 4 is 35.7 Å². The first-order valence-electron chi connectivity index (χ1n) is 14.5. The minimum Gasteiger partial charge on any atom is -0.469 e. The number of ether oxygens (including phenoxy) is 4. The third-order valence-electron chi connectivity index (χ3n) is 7.14. The zero-order chi connectivity index (χ0) is 31.3. The van der Waals surface area contributed by atoms with E-state index >= 15 is 0 Å². The first kappa shape index (κ1) is 36.8. The van der Waals surface area contributed by atoms with E-state index in [1.165, 1.54) is 28.4 Å². The van der Waals surface area contributed by atoms with Gasteiger partial charge in [-0.05, 0) is 51.6 Å². The number of hydrogen-bond acceptors (Lipinski definition) is 12. The average Bonchev–Trinajstić information content (AvgIpc) is 2.99. The Hall–Kier alpha value is -3.26. The standard InChI is InChI=1S/C28H48N4O10/c1-39-23(33)11-17-31(18-12-24(34)40-2)15-7-5-9-21-27(37)30-22(28(38)29-21)10-6-8-16-32(19-13-25(35)41-3)20-14-26(36)42-4/h21-22H,5-20H2,1-4H3,(H,29,38)(H,30,37). The fraction of sp³-hybridized carbons (Fsp3) is 0.786. The van der Waals surface area contributed by atoms with Crippen molar-refractivity contribution in [2.24, 2.45) is 0 Å². The van der Waals surface area contributed by atoms with Gasteiger partial charge in [0.1, 0.15) is 12.1 Å². The van der Waals surface area contributed by atoms with Crippen LogP contribution >= 0.6 is 0 Å². The van der Waals surface area contributed by atoms with Crippen LogP contribution < -0.4 is 10.6 Å². The second-order valence-corrected chi connectivity index (χ2v) is 10.1. The molecule has 1 aliphatic rings. The van der Waals surface area contributed by atoms with Gasteiger partial charge in [0.15, 0.2) is 0 Å². The Labute approximate surface area is 248 Å². The van der Waals surface area contributed by atoms with Gasteiger partial charge in [0.2, 0.25) is 11.8 Å². The maximum Gasteiger partial charge on any atom is 0.306 e. The molecule has 42 heavy (non-hydrogen) atoms. The predicted molar refractivity (Wildman–Crippen MR) is 151 cm³/mol. The lowest BCUT2D eigenvalue weighted by atomic mass is 10.0. The number of nitrogens with one attached hydrogen (secondary N) is 2. The maximum absolute atomic E-state index is 12.7. The molecule has 0 bridgehead atoms. The van der Waals surface area contributed by atoms with Crippen molar-refractivity contribution in [1.82, 2.24) is 20.4 Å². The van der Waals surface area contributed by atoms with Crippen LogP contribution in [0.3, 0.4) is 0 Å². The highest BCUT2D eigenvalue weighted by atomic mass is 16.5. The molecule has 0 spiro atoms. The Balaban J connectivity index is 2.43. The number of rotatable bonds is 22. The van der Waals surface area contributed by atoms with Crippen molar-refractivity contribution < 1.29 is 47.7 Å². The summed E-state index contributed by atoms with van der Waals surface area (Å²) in [5.41, 5.74) is 0. The zero-order valence-corrected chi connectivity index (χ0v) is 25.4. The van der Waals surface area contributed by atoms with E-state index in [0.717, 1.165) is 0 Å². The number of nitrogens with zero attached hydrogens (tertiary/aromatic N) is 2. The minimum absolute atomic E-state index is 0.208. The van der Waals surface area contributed by atoms with Crippen molar-refractivity contribution in [1.29, 1.82) is 0 Å². The average molecular weight is 601 g/mol. The van der Waals surface area contributed by atoms with E-state index in [0.29, 0.717) is 77.8 Å². The van der Waals surface area contributed by atoms with Gasteiger partial charge in [0.25, 0.3) is 0 Å². The van der Waals surface area contributed by atoms with E-state index in [-0.39, 0.29) is 61.4 Å². The van der Waals surface area contributed by atoms with Gasteiger partial charge >= 0.3 is 23.9 Å². The molecule has 14 heteroatoms. The van der Waals surface area contributed by atoms with Gasteiger partial charge in [-0.25, -0.2) is 0 Å². The van der Waals surface area contributed by atoms with Gasteiger partial charge in [0.05, 0.1) is 54.1 Å². The van der Waals surface area contributed by atoms with Crippen molar-refractivity contribution in [2.75, 3.05) is 67.7 Å². The minimum atomic E-state index is -0.612. The molecule has 0 aromatic heterocycles. The summed E-state index contributed by atoms with van der Waals surface area (Å²) < 4.78 is 18.8. The van der Waals surface area contributed by atoms with Crippen LogP contribution in [0.1, 0.15) is 64.2 Å². The monoisotopic (exact) mass is 600 g/mol. The third kappa shape index (κ3) is 15.7. The fourth-order valence-electron chi connectivity index (χ4n) is 4.53. The molecule has 2 atom stereocenters. The topological polar surface area (TPSA) is 170 Å². The van der Waals surface area contributed by atoms with Gasteiger partial charge in [0, 0.05) is 26.2 Å². The third-order valence-corrected chi connectivity index (χ3v) is 7.14. The second-order valence-electron chi connectivity index (χ2n) is 10.1. The Morgan fingerprint density at radius 1 is 0.524 bits per heavy atom. The molecule has 0 aliphatic carbocycles. The molecule has 0 radical (unpaired) electrons. The highest BCUT2D eigenvalue weighted by Crippen LogP contribution is 2.12. The van der Waals surface area contributed by atoms with Crippen LogP contribution in [0.25, 0.3) is 0 Å². The van der Waals surface area contributed by atoms with E-state index in [9.17, 15) is 28.8 Å². The molecular formula is C28H48N4O10. The molecule has 2 amide bonds. The van der Waals surface area contributed by atoms with E-state index in [1.807, 2.05) is 9.80 Å². The fourth-order valence-corrected chi connectivity index (χ4v) is 4.53. The molecule has 0 aromatic carbocycles. The van der Waals surface area contributed by atoms with Gasteiger partial charge in [-0.2, -0.15) is 0 Å². The van der Waals surface area contributed by atoms with Crippen molar-refractivity contribution in [3.8, 4) is 0 Å². The molecular weight excluding hydrogens is 552 g/mol. The number of carbonyl (C=O) groups is 6. The Morgan fingerprint density at radius 2 is 0.810 bits per heavy atom. The summed E-state index contributed by atoms with van der Waals surface area (Å²) >= 11 is 0. The van der Waals surface area contributed by atoms with E-state index in [2.05, 4.69) is 10.6 Å². The van der Waals surface area contributed by atoms with Crippen molar-refractivity contribution in [3.63, 3.8) is 0 Å². The van der Waals surface area contributed by atoms with Crippen LogP contribution in [0.15, 0.2) is 0 Å².